The van der Waals surface area contributed by atoms with Gasteiger partial charge in [-0.15, -0.1) is 0 Å². The number of rotatable bonds is 7. The zero-order valence-corrected chi connectivity index (χ0v) is 12.7. The minimum absolute atomic E-state index is 0.428. The van der Waals surface area contributed by atoms with Gasteiger partial charge in [0.15, 0.2) is 0 Å². The summed E-state index contributed by atoms with van der Waals surface area (Å²) in [5.74, 6) is 0. The van der Waals surface area contributed by atoms with Gasteiger partial charge in [0.05, 0.1) is 6.61 Å². The molecule has 0 amide bonds. The molecule has 0 saturated carbocycles. The third kappa shape index (κ3) is 6.17. The zero-order chi connectivity index (χ0) is 13.5. The van der Waals surface area contributed by atoms with Gasteiger partial charge in [-0.3, -0.25) is 0 Å². The maximum Gasteiger partial charge on any atom is 0.0587 e. The standard InChI is InChI=1S/C15H31NO2/c1-14(2,3)5-6-15(7-10-18-11-8-15)13-16-9-12-17-4/h16H,5-13H2,1-4H3. The molecule has 0 bridgehead atoms. The number of ether oxygens (including phenoxy) is 2. The first-order chi connectivity index (χ1) is 8.47. The summed E-state index contributed by atoms with van der Waals surface area (Å²) in [5.41, 5.74) is 0.872. The van der Waals surface area contributed by atoms with Gasteiger partial charge in [-0.25, -0.2) is 0 Å². The van der Waals surface area contributed by atoms with Crippen LogP contribution in [0.1, 0.15) is 46.5 Å². The molecular formula is C15H31NO2. The van der Waals surface area contributed by atoms with E-state index >= 15 is 0 Å². The third-order valence-corrected chi connectivity index (χ3v) is 3.94. The molecule has 1 heterocycles. The Morgan fingerprint density at radius 1 is 1.22 bits per heavy atom. The lowest BCUT2D eigenvalue weighted by molar-refractivity contribution is 0.00464. The van der Waals surface area contributed by atoms with E-state index < -0.39 is 0 Å². The molecule has 1 fully saturated rings. The molecule has 1 aliphatic heterocycles. The first-order valence-corrected chi connectivity index (χ1v) is 7.25. The Morgan fingerprint density at radius 2 is 1.89 bits per heavy atom. The maximum absolute atomic E-state index is 5.53. The number of methoxy groups -OCH3 is 1. The Labute approximate surface area is 113 Å². The van der Waals surface area contributed by atoms with E-state index in [9.17, 15) is 0 Å². The van der Waals surface area contributed by atoms with E-state index in [0.717, 1.165) is 32.9 Å². The van der Waals surface area contributed by atoms with E-state index in [1.54, 1.807) is 7.11 Å². The van der Waals surface area contributed by atoms with Gasteiger partial charge < -0.3 is 14.8 Å². The van der Waals surface area contributed by atoms with Crippen LogP contribution >= 0.6 is 0 Å². The lowest BCUT2D eigenvalue weighted by Crippen LogP contribution is -2.40. The molecule has 18 heavy (non-hydrogen) atoms. The van der Waals surface area contributed by atoms with Crippen LogP contribution in [0, 0.1) is 10.8 Å². The fourth-order valence-electron chi connectivity index (χ4n) is 2.49. The van der Waals surface area contributed by atoms with E-state index in [0.29, 0.717) is 10.8 Å². The van der Waals surface area contributed by atoms with Crippen LogP contribution in [0.15, 0.2) is 0 Å². The molecule has 0 aromatic carbocycles. The summed E-state index contributed by atoms with van der Waals surface area (Å²) in [7, 11) is 1.76. The molecule has 0 radical (unpaired) electrons. The Kier molecular flexibility index (Phi) is 6.61. The third-order valence-electron chi connectivity index (χ3n) is 3.94. The second kappa shape index (κ2) is 7.46. The Morgan fingerprint density at radius 3 is 2.44 bits per heavy atom. The number of hydrogen-bond acceptors (Lipinski definition) is 3. The van der Waals surface area contributed by atoms with E-state index in [-0.39, 0.29) is 0 Å². The summed E-state index contributed by atoms with van der Waals surface area (Å²) in [4.78, 5) is 0. The van der Waals surface area contributed by atoms with Crippen LogP contribution in [0.25, 0.3) is 0 Å². The van der Waals surface area contributed by atoms with Crippen LogP contribution in [0.3, 0.4) is 0 Å². The SMILES string of the molecule is COCCNCC1(CCC(C)(C)C)CCOCC1. The normalized spacial score (nSPS) is 20.0. The van der Waals surface area contributed by atoms with Gasteiger partial charge in [0.1, 0.15) is 0 Å². The molecule has 0 aliphatic carbocycles. The quantitative estimate of drug-likeness (QED) is 0.711. The smallest absolute Gasteiger partial charge is 0.0587 e. The summed E-state index contributed by atoms with van der Waals surface area (Å²) >= 11 is 0. The van der Waals surface area contributed by atoms with Gasteiger partial charge in [-0.1, -0.05) is 20.8 Å². The van der Waals surface area contributed by atoms with Crippen LogP contribution in [-0.4, -0.2) is 40.0 Å². The molecular weight excluding hydrogens is 226 g/mol. The lowest BCUT2D eigenvalue weighted by atomic mass is 9.72. The highest BCUT2D eigenvalue weighted by atomic mass is 16.5. The highest BCUT2D eigenvalue weighted by Gasteiger charge is 2.33. The van der Waals surface area contributed by atoms with Gasteiger partial charge in [0, 0.05) is 33.4 Å². The predicted molar refractivity (Wildman–Crippen MR) is 75.9 cm³/mol. The molecule has 3 nitrogen and oxygen atoms in total. The van der Waals surface area contributed by atoms with Crippen molar-refractivity contribution in [1.29, 1.82) is 0 Å². The van der Waals surface area contributed by atoms with Crippen molar-refractivity contribution in [2.45, 2.75) is 46.5 Å². The van der Waals surface area contributed by atoms with Crippen molar-refractivity contribution in [3.05, 3.63) is 0 Å². The summed E-state index contributed by atoms with van der Waals surface area (Å²) < 4.78 is 10.6. The fraction of sp³-hybridized carbons (Fsp3) is 1.00. The van der Waals surface area contributed by atoms with Gasteiger partial charge in [0.2, 0.25) is 0 Å². The largest absolute Gasteiger partial charge is 0.383 e. The van der Waals surface area contributed by atoms with Crippen molar-refractivity contribution >= 4 is 0 Å². The van der Waals surface area contributed by atoms with Crippen molar-refractivity contribution in [2.75, 3.05) is 40.0 Å². The predicted octanol–water partition coefficient (Wildman–Crippen LogP) is 2.85. The van der Waals surface area contributed by atoms with Crippen molar-refractivity contribution in [3.8, 4) is 0 Å². The molecule has 1 aliphatic rings. The second-order valence-corrected chi connectivity index (χ2v) is 6.84. The molecule has 3 heteroatoms. The minimum Gasteiger partial charge on any atom is -0.383 e. The van der Waals surface area contributed by atoms with E-state index in [1.165, 1.54) is 25.7 Å². The van der Waals surface area contributed by atoms with Crippen molar-refractivity contribution in [1.82, 2.24) is 5.32 Å². The number of hydrogen-bond donors (Lipinski definition) is 1. The van der Waals surface area contributed by atoms with E-state index in [2.05, 4.69) is 26.1 Å². The summed E-state index contributed by atoms with van der Waals surface area (Å²) in [5, 5.41) is 3.55. The first kappa shape index (κ1) is 15.9. The molecule has 1 rings (SSSR count). The fourth-order valence-corrected chi connectivity index (χ4v) is 2.49. The Bertz CT molecular complexity index is 217. The summed E-state index contributed by atoms with van der Waals surface area (Å²) in [6.07, 6.45) is 4.99. The monoisotopic (exact) mass is 257 g/mol. The second-order valence-electron chi connectivity index (χ2n) is 6.84. The van der Waals surface area contributed by atoms with E-state index in [4.69, 9.17) is 9.47 Å². The topological polar surface area (TPSA) is 30.5 Å². The van der Waals surface area contributed by atoms with Crippen LogP contribution < -0.4 is 5.32 Å². The highest BCUT2D eigenvalue weighted by Crippen LogP contribution is 2.38. The van der Waals surface area contributed by atoms with Crippen molar-refractivity contribution < 1.29 is 9.47 Å². The van der Waals surface area contributed by atoms with Crippen LogP contribution in [0.2, 0.25) is 0 Å². The molecule has 0 aromatic heterocycles. The average Bonchev–Trinajstić information content (AvgIpc) is 2.33. The Hall–Kier alpha value is -0.120. The number of nitrogens with one attached hydrogen (secondary N) is 1. The van der Waals surface area contributed by atoms with Gasteiger partial charge >= 0.3 is 0 Å². The maximum atomic E-state index is 5.53. The van der Waals surface area contributed by atoms with Crippen LogP contribution in [-0.2, 0) is 9.47 Å². The van der Waals surface area contributed by atoms with Gasteiger partial charge in [0.25, 0.3) is 0 Å². The van der Waals surface area contributed by atoms with Gasteiger partial charge in [-0.05, 0) is 36.5 Å². The lowest BCUT2D eigenvalue weighted by Gasteiger charge is -2.39. The van der Waals surface area contributed by atoms with E-state index in [1.807, 2.05) is 0 Å². The Balaban J connectivity index is 2.41. The molecule has 1 saturated heterocycles. The van der Waals surface area contributed by atoms with Crippen molar-refractivity contribution in [2.24, 2.45) is 10.8 Å². The first-order valence-electron chi connectivity index (χ1n) is 7.25. The van der Waals surface area contributed by atoms with Gasteiger partial charge in [-0.2, -0.15) is 0 Å². The summed E-state index contributed by atoms with van der Waals surface area (Å²) in [6.45, 7) is 11.7. The molecule has 0 spiro atoms. The average molecular weight is 257 g/mol. The molecule has 0 aromatic rings. The molecule has 0 unspecified atom stereocenters. The minimum atomic E-state index is 0.428. The van der Waals surface area contributed by atoms with Crippen molar-refractivity contribution in [3.63, 3.8) is 0 Å². The summed E-state index contributed by atoms with van der Waals surface area (Å²) in [6, 6.07) is 0. The highest BCUT2D eigenvalue weighted by molar-refractivity contribution is 4.85. The van der Waals surface area contributed by atoms with Crippen LogP contribution in [0.4, 0.5) is 0 Å². The van der Waals surface area contributed by atoms with Crippen LogP contribution in [0.5, 0.6) is 0 Å². The molecule has 0 atom stereocenters. The molecule has 1 N–H and O–H groups in total. The molecule has 108 valence electrons. The zero-order valence-electron chi connectivity index (χ0n) is 12.7.